The number of benzene rings is 2. The molecule has 0 aliphatic carbocycles. The molecule has 1 unspecified atom stereocenters. The molecule has 0 fully saturated rings. The van der Waals surface area contributed by atoms with Crippen molar-refractivity contribution >= 4 is 23.2 Å². The van der Waals surface area contributed by atoms with Crippen LogP contribution in [0.1, 0.15) is 17.0 Å². The molecule has 4 nitrogen and oxygen atoms in total. The molecule has 1 heterocycles. The van der Waals surface area contributed by atoms with Crippen molar-refractivity contribution in [2.45, 2.75) is 12.8 Å². The van der Waals surface area contributed by atoms with E-state index in [0.29, 0.717) is 6.54 Å². The molecule has 1 atom stereocenters. The van der Waals surface area contributed by atoms with E-state index >= 15 is 0 Å². The van der Waals surface area contributed by atoms with E-state index in [4.69, 9.17) is 0 Å². The van der Waals surface area contributed by atoms with Crippen molar-refractivity contribution < 1.29 is 9.59 Å². The van der Waals surface area contributed by atoms with Crippen molar-refractivity contribution in [1.29, 1.82) is 0 Å². The Bertz CT molecular complexity index is 813. The lowest BCUT2D eigenvalue weighted by atomic mass is 9.99. The number of para-hydroxylation sites is 1. The first-order valence-corrected chi connectivity index (χ1v) is 7.90. The van der Waals surface area contributed by atoms with Gasteiger partial charge < -0.3 is 9.80 Å². The minimum absolute atomic E-state index is 0.0209. The van der Waals surface area contributed by atoms with Crippen LogP contribution in [0.2, 0.25) is 0 Å². The minimum atomic E-state index is -0.365. The molecule has 0 radical (unpaired) electrons. The summed E-state index contributed by atoms with van der Waals surface area (Å²) in [5, 5.41) is 0. The number of fused-ring (bicyclic) bond motifs is 1. The Kier molecular flexibility index (Phi) is 4.21. The van der Waals surface area contributed by atoms with E-state index in [1.807, 2.05) is 55.5 Å². The molecule has 0 bridgehead atoms. The third kappa shape index (κ3) is 2.71. The third-order valence-electron chi connectivity index (χ3n) is 4.43. The summed E-state index contributed by atoms with van der Waals surface area (Å²) in [5.41, 5.74) is 3.63. The van der Waals surface area contributed by atoms with Crippen LogP contribution < -0.4 is 9.80 Å². The maximum absolute atomic E-state index is 13.0. The van der Waals surface area contributed by atoms with Crippen molar-refractivity contribution in [3.8, 4) is 0 Å². The van der Waals surface area contributed by atoms with E-state index in [9.17, 15) is 9.59 Å². The number of hydrogen-bond acceptors (Lipinski definition) is 2. The second-order valence-electron chi connectivity index (χ2n) is 6.00. The fourth-order valence-corrected chi connectivity index (χ4v) is 3.13. The quantitative estimate of drug-likeness (QED) is 0.814. The van der Waals surface area contributed by atoms with Crippen LogP contribution in [-0.4, -0.2) is 25.4 Å². The molecule has 2 aromatic carbocycles. The lowest BCUT2D eigenvalue weighted by Gasteiger charge is -2.22. The van der Waals surface area contributed by atoms with Crippen molar-refractivity contribution in [1.82, 2.24) is 0 Å². The molecular weight excluding hydrogens is 300 g/mol. The second kappa shape index (κ2) is 6.32. The molecule has 1 aliphatic rings. The summed E-state index contributed by atoms with van der Waals surface area (Å²) in [7, 11) is 1.78. The van der Waals surface area contributed by atoms with Crippen molar-refractivity contribution in [2.24, 2.45) is 0 Å². The number of hydrogen-bond donors (Lipinski definition) is 0. The van der Waals surface area contributed by atoms with E-state index in [-0.39, 0.29) is 17.7 Å². The van der Waals surface area contributed by atoms with Gasteiger partial charge in [0.1, 0.15) is 0 Å². The standard InChI is InChI=1S/C20H20N2O2/c1-4-19(23)22-13-17(16-10-5-6-11-18(16)22)20(24)21(3)15-9-7-8-14(2)12-15/h4-12,17H,1,13H2,2-3H3. The van der Waals surface area contributed by atoms with Gasteiger partial charge in [0.2, 0.25) is 11.8 Å². The van der Waals surface area contributed by atoms with E-state index in [2.05, 4.69) is 6.58 Å². The SMILES string of the molecule is C=CC(=O)N1CC(C(=O)N(C)c2cccc(C)c2)c2ccccc21. The van der Waals surface area contributed by atoms with Gasteiger partial charge in [-0.15, -0.1) is 0 Å². The zero-order valence-corrected chi connectivity index (χ0v) is 13.9. The highest BCUT2D eigenvalue weighted by atomic mass is 16.2. The first-order chi connectivity index (χ1) is 11.5. The lowest BCUT2D eigenvalue weighted by molar-refractivity contribution is -0.119. The Morgan fingerprint density at radius 3 is 2.67 bits per heavy atom. The molecular formula is C20H20N2O2. The van der Waals surface area contributed by atoms with Crippen molar-refractivity contribution in [2.75, 3.05) is 23.4 Å². The van der Waals surface area contributed by atoms with Crippen molar-refractivity contribution in [3.05, 3.63) is 72.3 Å². The molecule has 24 heavy (non-hydrogen) atoms. The largest absolute Gasteiger partial charge is 0.315 e. The summed E-state index contributed by atoms with van der Waals surface area (Å²) in [6.07, 6.45) is 1.29. The number of aryl methyl sites for hydroxylation is 1. The predicted octanol–water partition coefficient (Wildman–Crippen LogP) is 3.27. The first kappa shape index (κ1) is 16.0. The Labute approximate surface area is 142 Å². The third-order valence-corrected chi connectivity index (χ3v) is 4.43. The second-order valence-corrected chi connectivity index (χ2v) is 6.00. The molecule has 3 rings (SSSR count). The summed E-state index contributed by atoms with van der Waals surface area (Å²) >= 11 is 0. The number of carbonyl (C=O) groups is 2. The molecule has 122 valence electrons. The Morgan fingerprint density at radius 2 is 1.96 bits per heavy atom. The fraction of sp³-hybridized carbons (Fsp3) is 0.200. The molecule has 0 saturated carbocycles. The summed E-state index contributed by atoms with van der Waals surface area (Å²) in [6, 6.07) is 15.4. The molecule has 4 heteroatoms. The highest BCUT2D eigenvalue weighted by Crippen LogP contribution is 2.37. The van der Waals surface area contributed by atoms with E-state index < -0.39 is 0 Å². The molecule has 0 aromatic heterocycles. The van der Waals surface area contributed by atoms with Gasteiger partial charge in [0.05, 0.1) is 5.92 Å². The zero-order valence-electron chi connectivity index (χ0n) is 13.9. The number of carbonyl (C=O) groups excluding carboxylic acids is 2. The summed E-state index contributed by atoms with van der Waals surface area (Å²) in [5.74, 6) is -0.570. The Balaban J connectivity index is 1.93. The number of rotatable bonds is 3. The van der Waals surface area contributed by atoms with E-state index in [1.54, 1.807) is 16.8 Å². The molecule has 2 aromatic rings. The van der Waals surface area contributed by atoms with Crippen molar-refractivity contribution in [3.63, 3.8) is 0 Å². The van der Waals surface area contributed by atoms with Crippen LogP contribution in [0.3, 0.4) is 0 Å². The number of anilines is 2. The summed E-state index contributed by atoms with van der Waals surface area (Å²) in [4.78, 5) is 28.4. The molecule has 1 aliphatic heterocycles. The Hall–Kier alpha value is -2.88. The molecule has 2 amide bonds. The first-order valence-electron chi connectivity index (χ1n) is 7.90. The highest BCUT2D eigenvalue weighted by molar-refractivity contribution is 6.07. The zero-order chi connectivity index (χ0) is 17.3. The van der Waals surface area contributed by atoms with Gasteiger partial charge in [0.15, 0.2) is 0 Å². The number of amides is 2. The van der Waals surface area contributed by atoms with Gasteiger partial charge in [0, 0.05) is 25.0 Å². The van der Waals surface area contributed by atoms with Gasteiger partial charge in [-0.2, -0.15) is 0 Å². The maximum Gasteiger partial charge on any atom is 0.250 e. The van der Waals surface area contributed by atoms with Gasteiger partial charge in [-0.3, -0.25) is 9.59 Å². The van der Waals surface area contributed by atoms with E-state index in [0.717, 1.165) is 22.5 Å². The van der Waals surface area contributed by atoms with Crippen LogP contribution in [0.4, 0.5) is 11.4 Å². The van der Waals surface area contributed by atoms with Crippen LogP contribution in [0.5, 0.6) is 0 Å². The van der Waals surface area contributed by atoms with Crippen LogP contribution in [0.25, 0.3) is 0 Å². The smallest absolute Gasteiger partial charge is 0.250 e. The average molecular weight is 320 g/mol. The number of nitrogens with zero attached hydrogens (tertiary/aromatic N) is 2. The van der Waals surface area contributed by atoms with Gasteiger partial charge in [-0.25, -0.2) is 0 Å². The normalized spacial score (nSPS) is 15.8. The molecule has 0 N–H and O–H groups in total. The van der Waals surface area contributed by atoms with Crippen LogP contribution in [0, 0.1) is 6.92 Å². The predicted molar refractivity (Wildman–Crippen MR) is 96.3 cm³/mol. The monoisotopic (exact) mass is 320 g/mol. The molecule has 0 spiro atoms. The Morgan fingerprint density at radius 1 is 1.21 bits per heavy atom. The fourth-order valence-electron chi connectivity index (χ4n) is 3.13. The summed E-state index contributed by atoms with van der Waals surface area (Å²) < 4.78 is 0. The van der Waals surface area contributed by atoms with Gasteiger partial charge >= 0.3 is 0 Å². The minimum Gasteiger partial charge on any atom is -0.315 e. The highest BCUT2D eigenvalue weighted by Gasteiger charge is 2.37. The number of likely N-dealkylation sites (N-methyl/N-ethyl adjacent to an activating group) is 1. The van der Waals surface area contributed by atoms with Gasteiger partial charge in [0.25, 0.3) is 0 Å². The van der Waals surface area contributed by atoms with Gasteiger partial charge in [-0.1, -0.05) is 36.9 Å². The van der Waals surface area contributed by atoms with Crippen LogP contribution in [-0.2, 0) is 9.59 Å². The molecule has 0 saturated heterocycles. The average Bonchev–Trinajstić information content (AvgIpc) is 2.99. The van der Waals surface area contributed by atoms with Gasteiger partial charge in [-0.05, 0) is 42.3 Å². The van der Waals surface area contributed by atoms with E-state index in [1.165, 1.54) is 6.08 Å². The summed E-state index contributed by atoms with van der Waals surface area (Å²) in [6.45, 7) is 5.90. The topological polar surface area (TPSA) is 40.6 Å². The van der Waals surface area contributed by atoms with Crippen LogP contribution in [0.15, 0.2) is 61.2 Å². The van der Waals surface area contributed by atoms with Crippen LogP contribution >= 0.6 is 0 Å². The maximum atomic E-state index is 13.0. The lowest BCUT2D eigenvalue weighted by Crippen LogP contribution is -2.35.